The van der Waals surface area contributed by atoms with E-state index in [-0.39, 0.29) is 21.8 Å². The summed E-state index contributed by atoms with van der Waals surface area (Å²) in [5.74, 6) is 0.0680. The van der Waals surface area contributed by atoms with E-state index in [2.05, 4.69) is 24.5 Å². The Morgan fingerprint density at radius 2 is 1.80 bits per heavy atom. The van der Waals surface area contributed by atoms with Crippen LogP contribution in [-0.2, 0) is 4.79 Å². The summed E-state index contributed by atoms with van der Waals surface area (Å²) in [5.41, 5.74) is 4.42. The van der Waals surface area contributed by atoms with Gasteiger partial charge in [0.25, 0.3) is 5.69 Å². The molecule has 0 saturated heterocycles. The monoisotopic (exact) mass is 406 g/mol. The molecule has 0 unspecified atom stereocenters. The lowest BCUT2D eigenvalue weighted by Gasteiger charge is -2.34. The van der Waals surface area contributed by atoms with Gasteiger partial charge in [-0.05, 0) is 35.6 Å². The number of anilines is 3. The first-order chi connectivity index (χ1) is 14.2. The summed E-state index contributed by atoms with van der Waals surface area (Å²) < 4.78 is 0. The maximum absolute atomic E-state index is 13.2. The van der Waals surface area contributed by atoms with Gasteiger partial charge >= 0.3 is 0 Å². The van der Waals surface area contributed by atoms with Crippen molar-refractivity contribution in [2.24, 2.45) is 5.41 Å². The van der Waals surface area contributed by atoms with Crippen molar-refractivity contribution < 1.29 is 9.72 Å². The van der Waals surface area contributed by atoms with Gasteiger partial charge in [0, 0.05) is 37.9 Å². The number of nitrogens with one attached hydrogen (secondary N) is 2. The number of carbonyl (C=O) groups excluding carboxylic acids is 1. The number of carbonyl (C=O) groups is 1. The highest BCUT2D eigenvalue weighted by Gasteiger charge is 2.39. The third-order valence-electron chi connectivity index (χ3n) is 5.73. The van der Waals surface area contributed by atoms with Crippen LogP contribution in [0.2, 0.25) is 0 Å². The molecular weight excluding hydrogens is 380 g/mol. The highest BCUT2D eigenvalue weighted by Crippen LogP contribution is 2.46. The molecule has 2 aliphatic rings. The van der Waals surface area contributed by atoms with Gasteiger partial charge in [0.05, 0.1) is 22.3 Å². The summed E-state index contributed by atoms with van der Waals surface area (Å²) in [6.45, 7) is 4.18. The molecule has 1 heterocycles. The van der Waals surface area contributed by atoms with Gasteiger partial charge in [-0.1, -0.05) is 32.0 Å². The maximum Gasteiger partial charge on any atom is 0.292 e. The second-order valence-electron chi connectivity index (χ2n) is 8.98. The molecule has 0 fully saturated rings. The van der Waals surface area contributed by atoms with E-state index < -0.39 is 6.04 Å². The van der Waals surface area contributed by atoms with E-state index in [0.717, 1.165) is 23.5 Å². The molecule has 0 saturated carbocycles. The number of hydrogen-bond donors (Lipinski definition) is 2. The molecule has 2 aromatic carbocycles. The molecule has 7 heteroatoms. The zero-order valence-electron chi connectivity index (χ0n) is 17.7. The van der Waals surface area contributed by atoms with Crippen LogP contribution >= 0.6 is 0 Å². The van der Waals surface area contributed by atoms with Gasteiger partial charge in [-0.15, -0.1) is 0 Å². The van der Waals surface area contributed by atoms with Gasteiger partial charge in [-0.25, -0.2) is 0 Å². The number of fused-ring (bicyclic) bond motifs is 1. The summed E-state index contributed by atoms with van der Waals surface area (Å²) >= 11 is 0. The average Bonchev–Trinajstić information content (AvgIpc) is 2.82. The predicted octanol–water partition coefficient (Wildman–Crippen LogP) is 4.88. The Morgan fingerprint density at radius 3 is 2.47 bits per heavy atom. The molecule has 0 radical (unpaired) electrons. The summed E-state index contributed by atoms with van der Waals surface area (Å²) in [6, 6.07) is 12.5. The number of Topliss-reactive ketones (excluding diaryl/α,β-unsaturated/α-hetero) is 1. The van der Waals surface area contributed by atoms with Crippen LogP contribution in [0.4, 0.5) is 22.7 Å². The summed E-state index contributed by atoms with van der Waals surface area (Å²) in [4.78, 5) is 26.3. The molecule has 2 aromatic rings. The third-order valence-corrected chi connectivity index (χ3v) is 5.73. The maximum atomic E-state index is 13.2. The normalized spacial score (nSPS) is 19.7. The molecule has 1 aliphatic heterocycles. The van der Waals surface area contributed by atoms with Gasteiger partial charge in [-0.2, -0.15) is 0 Å². The van der Waals surface area contributed by atoms with Crippen LogP contribution in [0.3, 0.4) is 0 Å². The topological polar surface area (TPSA) is 87.5 Å². The number of rotatable bonds is 3. The molecular formula is C23H26N4O3. The van der Waals surface area contributed by atoms with Crippen molar-refractivity contribution in [3.63, 3.8) is 0 Å². The van der Waals surface area contributed by atoms with Crippen LogP contribution < -0.4 is 15.5 Å². The van der Waals surface area contributed by atoms with Crippen LogP contribution in [-0.4, -0.2) is 24.8 Å². The number of nitro groups is 1. The molecule has 1 aliphatic carbocycles. The molecule has 2 N–H and O–H groups in total. The second-order valence-corrected chi connectivity index (χ2v) is 8.98. The van der Waals surface area contributed by atoms with Crippen molar-refractivity contribution >= 4 is 28.5 Å². The highest BCUT2D eigenvalue weighted by atomic mass is 16.6. The first kappa shape index (κ1) is 19.9. The molecule has 4 rings (SSSR count). The number of benzene rings is 2. The Labute approximate surface area is 175 Å². The molecule has 30 heavy (non-hydrogen) atoms. The van der Waals surface area contributed by atoms with Crippen LogP contribution in [0.1, 0.15) is 38.3 Å². The number of nitro benzene ring substituents is 1. The fraction of sp³-hybridized carbons (Fsp3) is 0.348. The number of ketones is 1. The zero-order chi connectivity index (χ0) is 21.6. The fourth-order valence-electron chi connectivity index (χ4n) is 4.38. The third kappa shape index (κ3) is 3.51. The second kappa shape index (κ2) is 7.16. The molecule has 156 valence electrons. The standard InChI is InChI=1S/C23H26N4O3/c1-23(2)12-17-21(20(28)13-23)22(25-16-8-6-5-7-15(16)24-17)14-9-10-18(26(3)4)19(11-14)27(29)30/h5-11,22,24-25H,12-13H2,1-4H3/t22-/m1/s1. The number of allylic oxidation sites excluding steroid dienone is 1. The van der Waals surface area contributed by atoms with Gasteiger partial charge in [0.15, 0.2) is 5.78 Å². The summed E-state index contributed by atoms with van der Waals surface area (Å²) in [5, 5.41) is 18.7. The van der Waals surface area contributed by atoms with E-state index in [1.54, 1.807) is 31.1 Å². The van der Waals surface area contributed by atoms with Gasteiger partial charge < -0.3 is 15.5 Å². The van der Waals surface area contributed by atoms with E-state index in [1.807, 2.05) is 30.3 Å². The van der Waals surface area contributed by atoms with Gasteiger partial charge in [0.2, 0.25) is 0 Å². The van der Waals surface area contributed by atoms with E-state index in [4.69, 9.17) is 0 Å². The largest absolute Gasteiger partial charge is 0.372 e. The van der Waals surface area contributed by atoms with E-state index in [1.165, 1.54) is 0 Å². The number of nitrogens with zero attached hydrogens (tertiary/aromatic N) is 2. The fourth-order valence-corrected chi connectivity index (χ4v) is 4.38. The lowest BCUT2D eigenvalue weighted by Crippen LogP contribution is -2.31. The van der Waals surface area contributed by atoms with E-state index >= 15 is 0 Å². The van der Waals surface area contributed by atoms with Crippen LogP contribution in [0.15, 0.2) is 53.7 Å². The molecule has 0 bridgehead atoms. The Kier molecular flexibility index (Phi) is 4.76. The van der Waals surface area contributed by atoms with Crippen LogP contribution in [0.25, 0.3) is 0 Å². The molecule has 0 amide bonds. The van der Waals surface area contributed by atoms with Gasteiger partial charge in [0.1, 0.15) is 5.69 Å². The molecule has 0 aromatic heterocycles. The van der Waals surface area contributed by atoms with Crippen molar-refractivity contribution in [2.75, 3.05) is 29.6 Å². The van der Waals surface area contributed by atoms with E-state index in [0.29, 0.717) is 23.2 Å². The molecule has 1 atom stereocenters. The lowest BCUT2D eigenvalue weighted by molar-refractivity contribution is -0.384. The first-order valence-corrected chi connectivity index (χ1v) is 10.0. The van der Waals surface area contributed by atoms with Gasteiger partial charge in [-0.3, -0.25) is 14.9 Å². The van der Waals surface area contributed by atoms with E-state index in [9.17, 15) is 14.9 Å². The Morgan fingerprint density at radius 1 is 1.10 bits per heavy atom. The zero-order valence-corrected chi connectivity index (χ0v) is 17.7. The highest BCUT2D eigenvalue weighted by molar-refractivity contribution is 6.01. The minimum Gasteiger partial charge on any atom is -0.372 e. The van der Waals surface area contributed by atoms with Crippen molar-refractivity contribution in [1.29, 1.82) is 0 Å². The minimum absolute atomic E-state index is 0.0236. The van der Waals surface area contributed by atoms with Crippen molar-refractivity contribution in [2.45, 2.75) is 32.7 Å². The first-order valence-electron chi connectivity index (χ1n) is 10.0. The number of hydrogen-bond acceptors (Lipinski definition) is 6. The van der Waals surface area contributed by atoms with Crippen molar-refractivity contribution in [1.82, 2.24) is 0 Å². The Balaban J connectivity index is 1.90. The summed E-state index contributed by atoms with van der Waals surface area (Å²) in [6.07, 6.45) is 1.18. The Bertz CT molecular complexity index is 1070. The van der Waals surface area contributed by atoms with Crippen molar-refractivity contribution in [3.05, 3.63) is 69.4 Å². The number of para-hydroxylation sites is 2. The average molecular weight is 406 g/mol. The molecule has 0 spiro atoms. The van der Waals surface area contributed by atoms with Crippen LogP contribution in [0.5, 0.6) is 0 Å². The molecule has 7 nitrogen and oxygen atoms in total. The Hall–Kier alpha value is -3.35. The predicted molar refractivity (Wildman–Crippen MR) is 119 cm³/mol. The summed E-state index contributed by atoms with van der Waals surface area (Å²) in [7, 11) is 3.55. The minimum atomic E-state index is -0.463. The smallest absolute Gasteiger partial charge is 0.292 e. The lowest BCUT2D eigenvalue weighted by atomic mass is 9.73. The SMILES string of the molecule is CN(C)c1ccc([C@H]2Nc3ccccc3NC3=C2C(=O)CC(C)(C)C3)cc1[N+](=O)[O-]. The van der Waals surface area contributed by atoms with Crippen molar-refractivity contribution in [3.8, 4) is 0 Å². The quantitative estimate of drug-likeness (QED) is 0.558. The van der Waals surface area contributed by atoms with Crippen LogP contribution in [0, 0.1) is 15.5 Å².